The standard InChI is InChI=1S/C21H21ClN4O3S/c1-21(12-27)7-5-17-15(21)9-13(11-24-17)16-6-8-23-20(25-16)26-18-10-14(22)3-4-19(18)30(2,28)29/h3-4,6,8-11,27H,5,7,12H2,1-2H3,(H,23,25,26). The molecule has 156 valence electrons. The molecule has 1 aliphatic rings. The van der Waals surface area contributed by atoms with Gasteiger partial charge in [-0.05, 0) is 48.7 Å². The van der Waals surface area contributed by atoms with Crippen LogP contribution in [0.5, 0.6) is 0 Å². The average Bonchev–Trinajstić information content (AvgIpc) is 3.04. The number of rotatable bonds is 5. The summed E-state index contributed by atoms with van der Waals surface area (Å²) >= 11 is 6.05. The van der Waals surface area contributed by atoms with Gasteiger partial charge in [-0.3, -0.25) is 4.98 Å². The number of nitrogens with zero attached hydrogens (tertiary/aromatic N) is 3. The molecule has 7 nitrogen and oxygen atoms in total. The second kappa shape index (κ2) is 7.61. The Morgan fingerprint density at radius 2 is 2.03 bits per heavy atom. The maximum absolute atomic E-state index is 12.1. The number of sulfone groups is 1. The molecule has 9 heteroatoms. The lowest BCUT2D eigenvalue weighted by atomic mass is 9.85. The van der Waals surface area contributed by atoms with Crippen LogP contribution in [0.25, 0.3) is 11.3 Å². The molecular weight excluding hydrogens is 424 g/mol. The predicted octanol–water partition coefficient (Wildman–Crippen LogP) is 3.54. The van der Waals surface area contributed by atoms with E-state index in [0.29, 0.717) is 16.4 Å². The van der Waals surface area contributed by atoms with Crippen molar-refractivity contribution < 1.29 is 13.5 Å². The van der Waals surface area contributed by atoms with E-state index < -0.39 is 9.84 Å². The molecule has 0 spiro atoms. The fraction of sp³-hybridized carbons (Fsp3) is 0.286. The molecule has 0 radical (unpaired) electrons. The zero-order valence-corrected chi connectivity index (χ0v) is 18.1. The van der Waals surface area contributed by atoms with Crippen molar-refractivity contribution in [1.29, 1.82) is 0 Å². The topological polar surface area (TPSA) is 105 Å². The van der Waals surface area contributed by atoms with Crippen molar-refractivity contribution in [3.8, 4) is 11.3 Å². The van der Waals surface area contributed by atoms with E-state index >= 15 is 0 Å². The van der Waals surface area contributed by atoms with Gasteiger partial charge in [-0.2, -0.15) is 0 Å². The number of halogens is 1. The molecule has 2 aromatic heterocycles. The molecule has 0 amide bonds. The first-order chi connectivity index (χ1) is 14.2. The summed E-state index contributed by atoms with van der Waals surface area (Å²) in [7, 11) is -3.47. The van der Waals surface area contributed by atoms with Gasteiger partial charge in [-0.15, -0.1) is 0 Å². The lowest BCUT2D eigenvalue weighted by Crippen LogP contribution is -2.23. The fourth-order valence-electron chi connectivity index (χ4n) is 3.67. The minimum Gasteiger partial charge on any atom is -0.395 e. The Hall–Kier alpha value is -2.55. The summed E-state index contributed by atoms with van der Waals surface area (Å²) in [5.41, 5.74) is 3.47. The number of aliphatic hydroxyl groups is 1. The van der Waals surface area contributed by atoms with Crippen molar-refractivity contribution in [2.75, 3.05) is 18.2 Å². The van der Waals surface area contributed by atoms with Gasteiger partial charge < -0.3 is 10.4 Å². The predicted molar refractivity (Wildman–Crippen MR) is 116 cm³/mol. The molecule has 30 heavy (non-hydrogen) atoms. The maximum Gasteiger partial charge on any atom is 0.227 e. The van der Waals surface area contributed by atoms with E-state index in [1.807, 2.05) is 13.0 Å². The van der Waals surface area contributed by atoms with Crippen molar-refractivity contribution in [3.05, 3.63) is 59.0 Å². The number of hydrogen-bond donors (Lipinski definition) is 2. The Balaban J connectivity index is 1.71. The number of aromatic nitrogens is 3. The summed E-state index contributed by atoms with van der Waals surface area (Å²) in [5, 5.41) is 13.2. The van der Waals surface area contributed by atoms with Crippen molar-refractivity contribution in [3.63, 3.8) is 0 Å². The van der Waals surface area contributed by atoms with Gasteiger partial charge in [0.15, 0.2) is 9.84 Å². The summed E-state index contributed by atoms with van der Waals surface area (Å²) in [5.74, 6) is 0.241. The summed E-state index contributed by atoms with van der Waals surface area (Å²) in [6.07, 6.45) is 6.18. The summed E-state index contributed by atoms with van der Waals surface area (Å²) < 4.78 is 24.2. The minimum absolute atomic E-state index is 0.0603. The largest absolute Gasteiger partial charge is 0.395 e. The van der Waals surface area contributed by atoms with E-state index in [1.165, 1.54) is 18.2 Å². The Bertz CT molecular complexity index is 1230. The van der Waals surface area contributed by atoms with Crippen molar-refractivity contribution in [2.45, 2.75) is 30.1 Å². The van der Waals surface area contributed by atoms with Crippen molar-refractivity contribution in [2.24, 2.45) is 0 Å². The van der Waals surface area contributed by atoms with Crippen LogP contribution >= 0.6 is 11.6 Å². The average molecular weight is 445 g/mol. The quantitative estimate of drug-likeness (QED) is 0.620. The molecule has 1 atom stereocenters. The second-order valence-electron chi connectivity index (χ2n) is 7.74. The van der Waals surface area contributed by atoms with E-state index in [9.17, 15) is 13.5 Å². The maximum atomic E-state index is 12.1. The first kappa shape index (κ1) is 20.7. The van der Waals surface area contributed by atoms with Crippen molar-refractivity contribution in [1.82, 2.24) is 15.0 Å². The lowest BCUT2D eigenvalue weighted by Gasteiger charge is -2.22. The number of anilines is 2. The first-order valence-corrected chi connectivity index (χ1v) is 11.7. The smallest absolute Gasteiger partial charge is 0.227 e. The van der Waals surface area contributed by atoms with Gasteiger partial charge in [-0.25, -0.2) is 18.4 Å². The third kappa shape index (κ3) is 3.90. The highest BCUT2D eigenvalue weighted by Gasteiger charge is 2.35. The highest BCUT2D eigenvalue weighted by atomic mass is 35.5. The van der Waals surface area contributed by atoms with Crippen LogP contribution in [0.1, 0.15) is 24.6 Å². The van der Waals surface area contributed by atoms with Crippen LogP contribution in [0, 0.1) is 0 Å². The van der Waals surface area contributed by atoms with Crippen LogP contribution in [0.4, 0.5) is 11.6 Å². The van der Waals surface area contributed by atoms with Gasteiger partial charge in [0.1, 0.15) is 0 Å². The van der Waals surface area contributed by atoms with Crippen LogP contribution < -0.4 is 5.32 Å². The van der Waals surface area contributed by atoms with E-state index in [-0.39, 0.29) is 22.9 Å². The number of aryl methyl sites for hydroxylation is 1. The van der Waals surface area contributed by atoms with Gasteiger partial charge in [0.2, 0.25) is 5.95 Å². The third-order valence-electron chi connectivity index (χ3n) is 5.42. The number of benzene rings is 1. The van der Waals surface area contributed by atoms with Crippen LogP contribution in [0.15, 0.2) is 47.6 Å². The summed E-state index contributed by atoms with van der Waals surface area (Å²) in [6.45, 7) is 2.09. The molecule has 0 fully saturated rings. The molecule has 0 bridgehead atoms. The third-order valence-corrected chi connectivity index (χ3v) is 6.81. The molecule has 1 unspecified atom stereocenters. The van der Waals surface area contributed by atoms with Crippen LogP contribution in [-0.4, -0.2) is 41.3 Å². The van der Waals surface area contributed by atoms with E-state index in [4.69, 9.17) is 11.6 Å². The zero-order chi connectivity index (χ0) is 21.5. The van der Waals surface area contributed by atoms with Gasteiger partial charge in [0.05, 0.1) is 22.9 Å². The Kier molecular flexibility index (Phi) is 5.25. The van der Waals surface area contributed by atoms with Crippen LogP contribution in [0.2, 0.25) is 5.02 Å². The summed E-state index contributed by atoms with van der Waals surface area (Å²) in [4.78, 5) is 13.4. The van der Waals surface area contributed by atoms with Gasteiger partial charge in [0, 0.05) is 40.3 Å². The molecule has 0 aliphatic heterocycles. The Morgan fingerprint density at radius 1 is 1.23 bits per heavy atom. The van der Waals surface area contributed by atoms with Crippen molar-refractivity contribution >= 4 is 33.1 Å². The first-order valence-electron chi connectivity index (χ1n) is 9.40. The molecule has 0 saturated carbocycles. The van der Waals surface area contributed by atoms with Gasteiger partial charge >= 0.3 is 0 Å². The minimum atomic E-state index is -3.47. The molecule has 1 aliphatic carbocycles. The molecule has 1 aromatic carbocycles. The Labute approximate surface area is 180 Å². The fourth-order valence-corrected chi connectivity index (χ4v) is 4.67. The highest BCUT2D eigenvalue weighted by molar-refractivity contribution is 7.90. The number of fused-ring (bicyclic) bond motifs is 1. The molecule has 0 saturated heterocycles. The SMILES string of the molecule is CC1(CO)CCc2ncc(-c3ccnc(Nc4cc(Cl)ccc4S(C)(=O)=O)n3)cc21. The molecule has 2 heterocycles. The zero-order valence-electron chi connectivity index (χ0n) is 16.6. The van der Waals surface area contributed by atoms with Crippen LogP contribution in [-0.2, 0) is 21.7 Å². The monoisotopic (exact) mass is 444 g/mol. The highest BCUT2D eigenvalue weighted by Crippen LogP contribution is 2.39. The molecular formula is C21H21ClN4O3S. The number of pyridine rings is 1. The van der Waals surface area contributed by atoms with Gasteiger partial charge in [0.25, 0.3) is 0 Å². The molecule has 2 N–H and O–H groups in total. The Morgan fingerprint density at radius 3 is 2.77 bits per heavy atom. The van der Waals surface area contributed by atoms with E-state index in [1.54, 1.807) is 18.5 Å². The number of aliphatic hydroxyl groups excluding tert-OH is 1. The molecule has 3 aromatic rings. The van der Waals surface area contributed by atoms with Gasteiger partial charge in [-0.1, -0.05) is 18.5 Å². The number of hydrogen-bond acceptors (Lipinski definition) is 7. The summed E-state index contributed by atoms with van der Waals surface area (Å²) in [6, 6.07) is 8.27. The van der Waals surface area contributed by atoms with E-state index in [0.717, 1.165) is 35.9 Å². The second-order valence-corrected chi connectivity index (χ2v) is 10.2. The van der Waals surface area contributed by atoms with Crippen LogP contribution in [0.3, 0.4) is 0 Å². The normalized spacial score (nSPS) is 18.3. The van der Waals surface area contributed by atoms with E-state index in [2.05, 4.69) is 20.3 Å². The molecule has 4 rings (SSSR count). The lowest BCUT2D eigenvalue weighted by molar-refractivity contribution is 0.206. The number of nitrogens with one attached hydrogen (secondary N) is 1.